The smallest absolute Gasteiger partial charge is 0.348 e. The van der Waals surface area contributed by atoms with E-state index < -0.39 is 17.7 Å². The number of azide groups is 1. The Morgan fingerprint density at radius 1 is 1.20 bits per heavy atom. The molecule has 1 saturated heterocycles. The number of carbonyl (C=O) groups excluding carboxylic acids is 2. The second-order valence-corrected chi connectivity index (χ2v) is 4.49. The second kappa shape index (κ2) is 5.07. The zero-order valence-electron chi connectivity index (χ0n) is 10.9. The van der Waals surface area contributed by atoms with E-state index in [1.54, 1.807) is 24.3 Å². The van der Waals surface area contributed by atoms with Crippen molar-refractivity contribution in [1.29, 1.82) is 0 Å². The summed E-state index contributed by atoms with van der Waals surface area (Å²) in [7, 11) is 0. The molecule has 0 aromatic heterocycles. The van der Waals surface area contributed by atoms with Crippen LogP contribution in [0.4, 0.5) is 5.69 Å². The molecule has 0 spiro atoms. The molecule has 0 saturated carbocycles. The van der Waals surface area contributed by atoms with Crippen molar-refractivity contribution in [3.63, 3.8) is 0 Å². The maximum absolute atomic E-state index is 11.8. The first-order valence-corrected chi connectivity index (χ1v) is 5.75. The Kier molecular flexibility index (Phi) is 3.45. The van der Waals surface area contributed by atoms with E-state index in [-0.39, 0.29) is 5.57 Å². The Balaban J connectivity index is 2.43. The van der Waals surface area contributed by atoms with Gasteiger partial charge in [-0.3, -0.25) is 0 Å². The third-order valence-corrected chi connectivity index (χ3v) is 2.51. The van der Waals surface area contributed by atoms with Crippen molar-refractivity contribution >= 4 is 23.7 Å². The maximum atomic E-state index is 11.8. The Hall–Kier alpha value is -2.79. The minimum atomic E-state index is -1.28. The summed E-state index contributed by atoms with van der Waals surface area (Å²) in [6, 6.07) is 6.53. The summed E-state index contributed by atoms with van der Waals surface area (Å²) in [5.74, 6) is -2.83. The average Bonchev–Trinajstić information content (AvgIpc) is 2.35. The predicted molar refractivity (Wildman–Crippen MR) is 69.5 cm³/mol. The quantitative estimate of drug-likeness (QED) is 0.206. The second-order valence-electron chi connectivity index (χ2n) is 4.49. The van der Waals surface area contributed by atoms with Crippen LogP contribution < -0.4 is 0 Å². The minimum Gasteiger partial charge on any atom is -0.419 e. The normalized spacial score (nSPS) is 16.8. The molecule has 0 amide bonds. The van der Waals surface area contributed by atoms with Gasteiger partial charge in [0.2, 0.25) is 0 Å². The first kappa shape index (κ1) is 13.6. The lowest BCUT2D eigenvalue weighted by Gasteiger charge is -2.29. The number of hydrogen-bond donors (Lipinski definition) is 0. The van der Waals surface area contributed by atoms with Crippen molar-refractivity contribution in [2.75, 3.05) is 0 Å². The van der Waals surface area contributed by atoms with Gasteiger partial charge in [0.05, 0.1) is 0 Å². The van der Waals surface area contributed by atoms with Gasteiger partial charge in [0.1, 0.15) is 5.57 Å². The van der Waals surface area contributed by atoms with Crippen molar-refractivity contribution in [1.82, 2.24) is 0 Å². The first-order chi connectivity index (χ1) is 9.43. The fraction of sp³-hybridized carbons (Fsp3) is 0.231. The number of carbonyl (C=O) groups is 2. The van der Waals surface area contributed by atoms with Crippen LogP contribution in [0, 0.1) is 0 Å². The van der Waals surface area contributed by atoms with Crippen LogP contribution in [0.15, 0.2) is 35.0 Å². The molecule has 1 fully saturated rings. The Morgan fingerprint density at radius 2 is 1.80 bits per heavy atom. The number of ether oxygens (including phenoxy) is 2. The maximum Gasteiger partial charge on any atom is 0.348 e. The van der Waals surface area contributed by atoms with Gasteiger partial charge < -0.3 is 9.47 Å². The van der Waals surface area contributed by atoms with Gasteiger partial charge in [-0.15, -0.1) is 0 Å². The van der Waals surface area contributed by atoms with Gasteiger partial charge in [-0.05, 0) is 17.2 Å². The van der Waals surface area contributed by atoms with Gasteiger partial charge in [0.25, 0.3) is 5.79 Å². The highest BCUT2D eigenvalue weighted by atomic mass is 16.7. The molecule has 1 heterocycles. The SMILES string of the molecule is CC1(C)OC(=O)C(=Cc2ccccc2N=[N+]=[N-])C(=O)O1. The summed E-state index contributed by atoms with van der Waals surface area (Å²) < 4.78 is 9.95. The lowest BCUT2D eigenvalue weighted by atomic mass is 10.1. The molecule has 102 valence electrons. The largest absolute Gasteiger partial charge is 0.419 e. The molecule has 1 aliphatic heterocycles. The summed E-state index contributed by atoms with van der Waals surface area (Å²) in [6.45, 7) is 2.93. The molecule has 2 rings (SSSR count). The number of nitrogens with zero attached hydrogens (tertiary/aromatic N) is 3. The predicted octanol–water partition coefficient (Wildman–Crippen LogP) is 2.85. The molecule has 0 N–H and O–H groups in total. The van der Waals surface area contributed by atoms with E-state index >= 15 is 0 Å². The molecule has 1 aromatic carbocycles. The van der Waals surface area contributed by atoms with E-state index in [2.05, 4.69) is 10.0 Å². The van der Waals surface area contributed by atoms with Crippen LogP contribution in [0.2, 0.25) is 0 Å². The van der Waals surface area contributed by atoms with Gasteiger partial charge in [-0.25, -0.2) is 9.59 Å². The molecule has 1 aliphatic rings. The summed E-state index contributed by atoms with van der Waals surface area (Å²) in [5, 5.41) is 3.48. The Bertz CT molecular complexity index is 635. The van der Waals surface area contributed by atoms with Gasteiger partial charge in [0, 0.05) is 24.4 Å². The van der Waals surface area contributed by atoms with Gasteiger partial charge in [-0.2, -0.15) is 0 Å². The highest BCUT2D eigenvalue weighted by molar-refractivity contribution is 6.19. The number of rotatable bonds is 2. The molecular weight excluding hydrogens is 262 g/mol. The lowest BCUT2D eigenvalue weighted by Crippen LogP contribution is -2.41. The summed E-state index contributed by atoms with van der Waals surface area (Å²) in [5.41, 5.74) is 8.96. The van der Waals surface area contributed by atoms with E-state index in [9.17, 15) is 9.59 Å². The standard InChI is InChI=1S/C13H11N3O4/c1-13(2)19-11(17)9(12(18)20-13)7-8-5-3-4-6-10(8)15-16-14/h3-7H,1-2H3. The van der Waals surface area contributed by atoms with Crippen LogP contribution in [0.1, 0.15) is 19.4 Å². The molecule has 0 radical (unpaired) electrons. The van der Waals surface area contributed by atoms with Crippen LogP contribution in [-0.4, -0.2) is 17.7 Å². The highest BCUT2D eigenvalue weighted by Crippen LogP contribution is 2.27. The average molecular weight is 273 g/mol. The Labute approximate surface area is 114 Å². The number of cyclic esters (lactones) is 2. The van der Waals surface area contributed by atoms with Gasteiger partial charge >= 0.3 is 11.9 Å². The zero-order chi connectivity index (χ0) is 14.8. The number of hydrogen-bond acceptors (Lipinski definition) is 5. The third-order valence-electron chi connectivity index (χ3n) is 2.51. The molecular formula is C13H11N3O4. The molecule has 1 aromatic rings. The van der Waals surface area contributed by atoms with Crippen molar-refractivity contribution in [2.24, 2.45) is 5.11 Å². The van der Waals surface area contributed by atoms with Gasteiger partial charge in [-0.1, -0.05) is 29.4 Å². The molecule has 0 bridgehead atoms. The van der Waals surface area contributed by atoms with E-state index in [1.165, 1.54) is 19.9 Å². The topological polar surface area (TPSA) is 101 Å². The molecule has 20 heavy (non-hydrogen) atoms. The minimum absolute atomic E-state index is 0.245. The third kappa shape index (κ3) is 2.78. The van der Waals surface area contributed by atoms with Crippen LogP contribution in [0.5, 0.6) is 0 Å². The zero-order valence-corrected chi connectivity index (χ0v) is 10.9. The van der Waals surface area contributed by atoms with Crippen LogP contribution in [0.25, 0.3) is 16.5 Å². The van der Waals surface area contributed by atoms with Gasteiger partial charge in [0.15, 0.2) is 0 Å². The van der Waals surface area contributed by atoms with Crippen LogP contribution >= 0.6 is 0 Å². The van der Waals surface area contributed by atoms with Crippen molar-refractivity contribution in [3.05, 3.63) is 45.8 Å². The first-order valence-electron chi connectivity index (χ1n) is 5.75. The monoisotopic (exact) mass is 273 g/mol. The van der Waals surface area contributed by atoms with E-state index in [1.807, 2.05) is 0 Å². The van der Waals surface area contributed by atoms with Crippen molar-refractivity contribution < 1.29 is 19.1 Å². The summed E-state index contributed by atoms with van der Waals surface area (Å²) in [4.78, 5) is 26.3. The fourth-order valence-electron chi connectivity index (χ4n) is 1.68. The fourth-order valence-corrected chi connectivity index (χ4v) is 1.68. The molecule has 7 nitrogen and oxygen atoms in total. The summed E-state index contributed by atoms with van der Waals surface area (Å²) in [6.07, 6.45) is 1.28. The van der Waals surface area contributed by atoms with E-state index in [4.69, 9.17) is 15.0 Å². The number of esters is 2. The summed E-state index contributed by atoms with van der Waals surface area (Å²) >= 11 is 0. The van der Waals surface area contributed by atoms with Crippen LogP contribution in [0.3, 0.4) is 0 Å². The molecule has 0 unspecified atom stereocenters. The van der Waals surface area contributed by atoms with Crippen molar-refractivity contribution in [2.45, 2.75) is 19.6 Å². The van der Waals surface area contributed by atoms with E-state index in [0.717, 1.165) is 0 Å². The lowest BCUT2D eigenvalue weighted by molar-refractivity contribution is -0.222. The van der Waals surface area contributed by atoms with Crippen LogP contribution in [-0.2, 0) is 19.1 Å². The van der Waals surface area contributed by atoms with Crippen molar-refractivity contribution in [3.8, 4) is 0 Å². The highest BCUT2D eigenvalue weighted by Gasteiger charge is 2.38. The van der Waals surface area contributed by atoms with E-state index in [0.29, 0.717) is 11.3 Å². The number of benzene rings is 1. The molecule has 0 aliphatic carbocycles. The molecule has 7 heteroatoms. The Morgan fingerprint density at radius 3 is 2.40 bits per heavy atom. The molecule has 0 atom stereocenters.